The van der Waals surface area contributed by atoms with E-state index in [1.807, 2.05) is 4.90 Å². The van der Waals surface area contributed by atoms with E-state index in [2.05, 4.69) is 10.6 Å². The number of carbonyl (C=O) groups is 4. The standard InChI is InChI=1S/C61H75FN6O16/c1-28-12-11-13-29(2)59(77)65-46-39(25-63-67-21-17-35(18-22-67)64-36-16-20-66(26-36)48-41(62)24-38-47(57(48)81-10)68(37-14-15-37)27-40(52(38)73)60(78)79)53(74)43-44(54(46)75)51(72)33(6)56-45(43)58(76)61(8,84-56)82-23-19-42(80-9)30(3)55(83-34(7)69)32(5)50(71)31(4)49(28)70/h11-13,19,23-25,27-28,30-32,35-37,42,49-50,55,64,70-72,74-75H,14-18,20-22,26H2,1-10H3,(H,65,77)(H,78,79)/t28-,30+,31+,32+,36?,42-,49-,50+,55+,61-/m0/s1. The van der Waals surface area contributed by atoms with Crippen molar-refractivity contribution < 1.29 is 77.9 Å². The lowest BCUT2D eigenvalue weighted by atomic mass is 9.78. The Morgan fingerprint density at radius 2 is 1.60 bits per heavy atom. The van der Waals surface area contributed by atoms with E-state index in [-0.39, 0.29) is 79.4 Å². The Morgan fingerprint density at radius 1 is 0.905 bits per heavy atom. The van der Waals surface area contributed by atoms with E-state index in [1.165, 1.54) is 72.7 Å². The van der Waals surface area contributed by atoms with Crippen molar-refractivity contribution in [3.05, 3.63) is 86.7 Å². The number of hydrogen-bond donors (Lipinski definition) is 8. The second kappa shape index (κ2) is 24.1. The van der Waals surface area contributed by atoms with Gasteiger partial charge in [-0.05, 0) is 58.1 Å². The number of hydrazone groups is 1. The molecule has 452 valence electrons. The minimum Gasteiger partial charge on any atom is -0.507 e. The number of pyridine rings is 1. The number of phenols is 3. The van der Waals surface area contributed by atoms with Crippen molar-refractivity contribution in [3.8, 4) is 28.7 Å². The fraction of sp³-hybridized carbons (Fsp3) is 0.508. The molecule has 1 aromatic heterocycles. The molecule has 1 aliphatic carbocycles. The molecule has 23 heteroatoms. The van der Waals surface area contributed by atoms with Crippen LogP contribution < -0.4 is 30.4 Å². The first-order chi connectivity index (χ1) is 39.8. The van der Waals surface area contributed by atoms with Gasteiger partial charge in [-0.2, -0.15) is 5.10 Å². The molecule has 1 amide bonds. The first-order valence-corrected chi connectivity index (χ1v) is 28.4. The lowest BCUT2D eigenvalue weighted by molar-refractivity contribution is -0.160. The van der Waals surface area contributed by atoms with Gasteiger partial charge in [-0.1, -0.05) is 45.9 Å². The number of benzene rings is 3. The topological polar surface area (TPSA) is 301 Å². The Kier molecular flexibility index (Phi) is 17.5. The Hall–Kier alpha value is -7.73. The number of methoxy groups -OCH3 is 2. The third-order valence-electron chi connectivity index (χ3n) is 17.4. The number of carboxylic acids is 1. The number of aromatic carboxylic acids is 1. The second-order valence-electron chi connectivity index (χ2n) is 23.1. The molecule has 1 unspecified atom stereocenters. The number of hydrogen-bond acceptors (Lipinski definition) is 19. The van der Waals surface area contributed by atoms with Crippen LogP contribution in [0.2, 0.25) is 0 Å². The number of fused-ring (bicyclic) bond motifs is 15. The minimum atomic E-state index is -2.12. The number of piperidine rings is 1. The molecule has 1 saturated carbocycles. The number of esters is 1. The molecule has 10 rings (SSSR count). The third-order valence-corrected chi connectivity index (χ3v) is 17.4. The Morgan fingerprint density at radius 3 is 2.24 bits per heavy atom. The van der Waals surface area contributed by atoms with Crippen molar-refractivity contribution in [2.45, 2.75) is 136 Å². The number of aromatic nitrogens is 1. The first-order valence-electron chi connectivity index (χ1n) is 28.4. The predicted molar refractivity (Wildman–Crippen MR) is 310 cm³/mol. The minimum absolute atomic E-state index is 0.00497. The summed E-state index contributed by atoms with van der Waals surface area (Å²) in [6, 6.07) is 1.00. The van der Waals surface area contributed by atoms with Crippen LogP contribution >= 0.6 is 0 Å². The number of ketones is 1. The Bertz CT molecular complexity index is 3480. The molecule has 0 spiro atoms. The molecule has 5 aliphatic heterocycles. The Balaban J connectivity index is 1.00. The Labute approximate surface area is 484 Å². The van der Waals surface area contributed by atoms with Crippen molar-refractivity contribution in [3.63, 3.8) is 0 Å². The number of ether oxygens (including phenoxy) is 5. The highest BCUT2D eigenvalue weighted by molar-refractivity contribution is 6.24. The normalized spacial score (nSPS) is 27.4. The first kappa shape index (κ1) is 60.8. The van der Waals surface area contributed by atoms with E-state index in [4.69, 9.17) is 28.8 Å². The summed E-state index contributed by atoms with van der Waals surface area (Å²) in [6.45, 7) is 14.1. The molecule has 84 heavy (non-hydrogen) atoms. The van der Waals surface area contributed by atoms with E-state index < -0.39 is 112 Å². The van der Waals surface area contributed by atoms with Gasteiger partial charge in [0.15, 0.2) is 17.3 Å². The van der Waals surface area contributed by atoms with E-state index in [0.29, 0.717) is 51.0 Å². The van der Waals surface area contributed by atoms with Crippen LogP contribution in [0.5, 0.6) is 28.7 Å². The summed E-state index contributed by atoms with van der Waals surface area (Å²) in [5.41, 5.74) is -1.32. The summed E-state index contributed by atoms with van der Waals surface area (Å²) in [5.74, 6) is -10.9. The number of rotatable bonds is 10. The lowest BCUT2D eigenvalue weighted by Crippen LogP contribution is -2.46. The van der Waals surface area contributed by atoms with Gasteiger partial charge in [0.1, 0.15) is 34.6 Å². The van der Waals surface area contributed by atoms with Crippen LogP contribution in [0.25, 0.3) is 21.7 Å². The van der Waals surface area contributed by atoms with Crippen LogP contribution in [0.3, 0.4) is 0 Å². The number of phenolic OH excluding ortho intramolecular Hbond substituents is 3. The molecule has 4 aromatic rings. The van der Waals surface area contributed by atoms with Gasteiger partial charge in [0, 0.05) is 112 Å². The molecule has 10 atom stereocenters. The van der Waals surface area contributed by atoms with Gasteiger partial charge in [-0.3, -0.25) is 24.2 Å². The fourth-order valence-corrected chi connectivity index (χ4v) is 12.3. The van der Waals surface area contributed by atoms with Crippen LogP contribution in [-0.4, -0.2) is 153 Å². The zero-order valence-corrected chi connectivity index (χ0v) is 48.8. The number of allylic oxidation sites excluding steroid dienone is 2. The molecule has 22 nitrogen and oxygen atoms in total. The van der Waals surface area contributed by atoms with Crippen LogP contribution in [0.1, 0.15) is 118 Å². The largest absolute Gasteiger partial charge is 0.507 e. The van der Waals surface area contributed by atoms with E-state index in [0.717, 1.165) is 18.9 Å². The number of nitrogens with one attached hydrogen (secondary N) is 2. The zero-order chi connectivity index (χ0) is 61.0. The molecule has 0 radical (unpaired) electrons. The number of aliphatic hydroxyl groups is 2. The SMILES string of the molecule is COc1c(N2CCC(NC3CCN(N=Cc4c5c(O)c6c(O)c(C)c7c(c6c4O)C(=O)[C@@](C)(OC=C[C@H](OC)[C@@H](C)[C@@H](OC(C)=O)[C@H](C)[C@H](O)[C@H](C)[C@@H](O)[C@@H](C)C=CC=C(C)C(=O)N5)O7)CC3)C2)c(F)cc2c(=O)c(C(=O)O)cn(C3CC3)c12. The molecule has 3 fully saturated rings. The zero-order valence-electron chi connectivity index (χ0n) is 48.8. The molecule has 3 aromatic carbocycles. The summed E-state index contributed by atoms with van der Waals surface area (Å²) in [4.78, 5) is 68.5. The molecular weight excluding hydrogens is 1090 g/mol. The van der Waals surface area contributed by atoms with Crippen molar-refractivity contribution in [1.29, 1.82) is 0 Å². The molecule has 8 N–H and O–H groups in total. The van der Waals surface area contributed by atoms with Crippen molar-refractivity contribution in [2.75, 3.05) is 50.6 Å². The number of carboxylic acid groups (broad SMARTS) is 1. The quantitative estimate of drug-likeness (QED) is 0.0346. The van der Waals surface area contributed by atoms with E-state index >= 15 is 4.39 Å². The van der Waals surface area contributed by atoms with Crippen molar-refractivity contribution in [1.82, 2.24) is 14.9 Å². The smallest absolute Gasteiger partial charge is 0.341 e. The molecule has 6 heterocycles. The maximum atomic E-state index is 16.2. The number of aliphatic hydroxyl groups excluding tert-OH is 2. The molecule has 5 bridgehead atoms. The maximum Gasteiger partial charge on any atom is 0.341 e. The summed E-state index contributed by atoms with van der Waals surface area (Å²) >= 11 is 0. The van der Waals surface area contributed by atoms with Crippen molar-refractivity contribution in [2.24, 2.45) is 28.8 Å². The fourth-order valence-electron chi connectivity index (χ4n) is 12.3. The molecule has 2 saturated heterocycles. The second-order valence-corrected chi connectivity index (χ2v) is 23.1. The van der Waals surface area contributed by atoms with Gasteiger partial charge in [-0.25, -0.2) is 9.18 Å². The van der Waals surface area contributed by atoms with Gasteiger partial charge in [0.05, 0.1) is 71.0 Å². The summed E-state index contributed by atoms with van der Waals surface area (Å²) in [7, 11) is 2.83. The van der Waals surface area contributed by atoms with Gasteiger partial charge in [0.25, 0.3) is 11.7 Å². The van der Waals surface area contributed by atoms with E-state index in [1.54, 1.807) is 49.4 Å². The van der Waals surface area contributed by atoms with Crippen LogP contribution in [0.4, 0.5) is 15.8 Å². The number of aromatic hydroxyl groups is 3. The average molecular weight is 1170 g/mol. The van der Waals surface area contributed by atoms with Crippen LogP contribution in [0, 0.1) is 36.4 Å². The molecular formula is C61H75FN6O16. The van der Waals surface area contributed by atoms with Gasteiger partial charge in [-0.15, -0.1) is 0 Å². The highest BCUT2D eigenvalue weighted by atomic mass is 19.1. The van der Waals surface area contributed by atoms with Crippen LogP contribution in [-0.2, 0) is 23.8 Å². The van der Waals surface area contributed by atoms with Crippen molar-refractivity contribution >= 4 is 62.9 Å². The van der Waals surface area contributed by atoms with Gasteiger partial charge < -0.3 is 74.4 Å². The summed E-state index contributed by atoms with van der Waals surface area (Å²) in [5, 5.41) is 81.6. The monoisotopic (exact) mass is 1170 g/mol. The number of halogens is 1. The van der Waals surface area contributed by atoms with Gasteiger partial charge in [0.2, 0.25) is 5.43 Å². The van der Waals surface area contributed by atoms with E-state index in [9.17, 15) is 54.6 Å². The lowest BCUT2D eigenvalue weighted by Gasteiger charge is -2.38. The van der Waals surface area contributed by atoms with Crippen LogP contribution in [0.15, 0.2) is 58.3 Å². The predicted octanol–water partition coefficient (Wildman–Crippen LogP) is 6.92. The highest BCUT2D eigenvalue weighted by Crippen LogP contribution is 2.55. The number of carbonyl (C=O) groups excluding carboxylic acids is 3. The maximum absolute atomic E-state index is 16.2. The summed E-state index contributed by atoms with van der Waals surface area (Å²) in [6.07, 6.45) is 9.26. The van der Waals surface area contributed by atoms with Gasteiger partial charge >= 0.3 is 17.7 Å². The highest BCUT2D eigenvalue weighted by Gasteiger charge is 2.50. The number of Topliss-reactive ketones (excluding diaryl/α,β-unsaturated/α-hetero) is 1. The molecule has 6 aliphatic rings. The number of nitrogens with zero attached hydrogens (tertiary/aromatic N) is 4. The average Bonchev–Trinajstić information content (AvgIpc) is 1.49. The number of amides is 1. The third kappa shape index (κ3) is 11.4. The number of anilines is 2. The summed E-state index contributed by atoms with van der Waals surface area (Å²) < 4.78 is 47.6.